The van der Waals surface area contributed by atoms with Gasteiger partial charge in [-0.1, -0.05) is 6.92 Å². The average Bonchev–Trinajstić information content (AvgIpc) is 2.69. The van der Waals surface area contributed by atoms with Crippen LogP contribution in [0.15, 0.2) is 6.33 Å². The Hall–Kier alpha value is -1.24. The number of nitrogens with zero attached hydrogens (tertiary/aromatic N) is 3. The van der Waals surface area contributed by atoms with Gasteiger partial charge in [-0.25, -0.2) is 9.97 Å². The summed E-state index contributed by atoms with van der Waals surface area (Å²) in [5.74, 6) is 1.46. The van der Waals surface area contributed by atoms with Gasteiger partial charge in [0, 0.05) is 30.4 Å². The highest BCUT2D eigenvalue weighted by molar-refractivity contribution is 7.18. The van der Waals surface area contributed by atoms with Crippen molar-refractivity contribution in [3.63, 3.8) is 0 Å². The maximum atomic E-state index is 5.69. The first-order chi connectivity index (χ1) is 10.7. The van der Waals surface area contributed by atoms with Gasteiger partial charge >= 0.3 is 0 Å². The summed E-state index contributed by atoms with van der Waals surface area (Å²) in [4.78, 5) is 13.7. The Morgan fingerprint density at radius 3 is 3.14 bits per heavy atom. The summed E-state index contributed by atoms with van der Waals surface area (Å²) in [6.07, 6.45) is 2.68. The fraction of sp³-hybridized carbons (Fsp3) is 0.625. The number of aryl methyl sites for hydroxylation is 2. The zero-order chi connectivity index (χ0) is 15.5. The number of anilines is 1. The van der Waals surface area contributed by atoms with E-state index < -0.39 is 0 Å². The van der Waals surface area contributed by atoms with Crippen molar-refractivity contribution in [2.45, 2.75) is 20.3 Å². The van der Waals surface area contributed by atoms with Crippen molar-refractivity contribution in [1.29, 1.82) is 0 Å². The highest BCUT2D eigenvalue weighted by Gasteiger charge is 2.18. The topological polar surface area (TPSA) is 50.3 Å². The molecule has 2 aromatic rings. The van der Waals surface area contributed by atoms with E-state index in [1.54, 1.807) is 17.7 Å². The summed E-state index contributed by atoms with van der Waals surface area (Å²) in [6.45, 7) is 8.96. The molecule has 0 spiro atoms. The molecular formula is C16H24N4OS. The van der Waals surface area contributed by atoms with Crippen LogP contribution in [0.4, 0.5) is 5.82 Å². The molecule has 3 heterocycles. The van der Waals surface area contributed by atoms with Gasteiger partial charge in [-0.05, 0) is 26.0 Å². The van der Waals surface area contributed by atoms with Gasteiger partial charge in [-0.2, -0.15) is 0 Å². The molecular weight excluding hydrogens is 296 g/mol. The van der Waals surface area contributed by atoms with E-state index >= 15 is 0 Å². The molecule has 1 saturated heterocycles. The summed E-state index contributed by atoms with van der Waals surface area (Å²) in [5, 5.41) is 4.75. The first kappa shape index (κ1) is 15.6. The predicted molar refractivity (Wildman–Crippen MR) is 91.8 cm³/mol. The van der Waals surface area contributed by atoms with Crippen molar-refractivity contribution < 1.29 is 4.74 Å². The van der Waals surface area contributed by atoms with Crippen LogP contribution in [0.5, 0.6) is 0 Å². The molecule has 0 aromatic carbocycles. The van der Waals surface area contributed by atoms with Gasteiger partial charge in [-0.15, -0.1) is 11.3 Å². The van der Waals surface area contributed by atoms with Crippen LogP contribution in [-0.2, 0) is 11.2 Å². The third kappa shape index (κ3) is 3.24. The Kier molecular flexibility index (Phi) is 4.90. The smallest absolute Gasteiger partial charge is 0.138 e. The molecule has 0 amide bonds. The van der Waals surface area contributed by atoms with E-state index in [1.807, 2.05) is 0 Å². The van der Waals surface area contributed by atoms with Crippen molar-refractivity contribution in [3.8, 4) is 0 Å². The van der Waals surface area contributed by atoms with Gasteiger partial charge in [-0.3, -0.25) is 0 Å². The first-order valence-electron chi connectivity index (χ1n) is 7.92. The maximum Gasteiger partial charge on any atom is 0.138 e. The molecule has 0 aliphatic carbocycles. The lowest BCUT2D eigenvalue weighted by molar-refractivity contribution is 0.125. The van der Waals surface area contributed by atoms with Gasteiger partial charge in [0.25, 0.3) is 0 Å². The Morgan fingerprint density at radius 1 is 1.45 bits per heavy atom. The predicted octanol–water partition coefficient (Wildman–Crippen LogP) is 2.55. The van der Waals surface area contributed by atoms with Crippen LogP contribution in [0, 0.1) is 12.8 Å². The minimum absolute atomic E-state index is 0.488. The summed E-state index contributed by atoms with van der Waals surface area (Å²) in [6, 6.07) is 0. The quantitative estimate of drug-likeness (QED) is 0.938. The maximum absolute atomic E-state index is 5.69. The van der Waals surface area contributed by atoms with Crippen LogP contribution >= 0.6 is 11.3 Å². The van der Waals surface area contributed by atoms with E-state index in [4.69, 9.17) is 4.74 Å². The van der Waals surface area contributed by atoms with Crippen LogP contribution in [0.3, 0.4) is 0 Å². The van der Waals surface area contributed by atoms with Gasteiger partial charge in [0.15, 0.2) is 0 Å². The molecule has 6 heteroatoms. The number of fused-ring (bicyclic) bond motifs is 1. The Bertz CT molecular complexity index is 642. The summed E-state index contributed by atoms with van der Waals surface area (Å²) >= 11 is 1.76. The highest BCUT2D eigenvalue weighted by Crippen LogP contribution is 2.33. The molecule has 1 fully saturated rings. The van der Waals surface area contributed by atoms with E-state index in [1.165, 1.54) is 15.8 Å². The highest BCUT2D eigenvalue weighted by atomic mass is 32.1. The number of ether oxygens (including phenoxy) is 1. The second-order valence-corrected chi connectivity index (χ2v) is 7.18. The number of hydrogen-bond donors (Lipinski definition) is 1. The van der Waals surface area contributed by atoms with Crippen LogP contribution in [0.25, 0.3) is 10.2 Å². The SMILES string of the molecule is CCc1c(C)sc2ncnc(NC[C@@H]3COCCN(C)C3)c12. The number of aromatic nitrogens is 2. The summed E-state index contributed by atoms with van der Waals surface area (Å²) in [7, 11) is 2.15. The third-order valence-electron chi connectivity index (χ3n) is 4.24. The van der Waals surface area contributed by atoms with Gasteiger partial charge in [0.05, 0.1) is 18.6 Å². The molecule has 5 nitrogen and oxygen atoms in total. The molecule has 0 saturated carbocycles. The Balaban J connectivity index is 1.78. The van der Waals surface area contributed by atoms with Crippen LogP contribution in [0.2, 0.25) is 0 Å². The summed E-state index contributed by atoms with van der Waals surface area (Å²) in [5.41, 5.74) is 1.37. The summed E-state index contributed by atoms with van der Waals surface area (Å²) < 4.78 is 5.69. The lowest BCUT2D eigenvalue weighted by atomic mass is 10.1. The number of likely N-dealkylation sites (N-methyl/N-ethyl adjacent to an activating group) is 1. The van der Waals surface area contributed by atoms with Gasteiger partial charge in [0.1, 0.15) is 17.0 Å². The standard InChI is InChI=1S/C16H24N4OS/c1-4-13-11(2)22-16-14(13)15(18-10-19-16)17-7-12-8-20(3)5-6-21-9-12/h10,12H,4-9H2,1-3H3,(H,17,18,19)/t12-/m0/s1. The lowest BCUT2D eigenvalue weighted by Crippen LogP contribution is -2.30. The van der Waals surface area contributed by atoms with Crippen LogP contribution < -0.4 is 5.32 Å². The number of rotatable bonds is 4. The van der Waals surface area contributed by atoms with Crippen LogP contribution in [-0.4, -0.2) is 54.8 Å². The minimum Gasteiger partial charge on any atom is -0.380 e. The molecule has 0 bridgehead atoms. The Morgan fingerprint density at radius 2 is 2.32 bits per heavy atom. The third-order valence-corrected chi connectivity index (χ3v) is 5.30. The molecule has 0 unspecified atom stereocenters. The molecule has 1 atom stereocenters. The first-order valence-corrected chi connectivity index (χ1v) is 8.73. The zero-order valence-corrected chi connectivity index (χ0v) is 14.4. The number of nitrogens with one attached hydrogen (secondary N) is 1. The average molecular weight is 320 g/mol. The van der Waals surface area contributed by atoms with E-state index in [-0.39, 0.29) is 0 Å². The fourth-order valence-corrected chi connectivity index (χ4v) is 4.16. The van der Waals surface area contributed by atoms with E-state index in [2.05, 4.69) is 41.1 Å². The molecule has 0 radical (unpaired) electrons. The molecule has 2 aromatic heterocycles. The van der Waals surface area contributed by atoms with Crippen molar-refractivity contribution in [2.75, 3.05) is 45.2 Å². The van der Waals surface area contributed by atoms with Crippen molar-refractivity contribution >= 4 is 27.4 Å². The van der Waals surface area contributed by atoms with Crippen molar-refractivity contribution in [2.24, 2.45) is 5.92 Å². The van der Waals surface area contributed by atoms with E-state index in [0.29, 0.717) is 5.92 Å². The second kappa shape index (κ2) is 6.89. The Labute approximate surface area is 135 Å². The number of thiophene rings is 1. The largest absolute Gasteiger partial charge is 0.380 e. The molecule has 1 aliphatic rings. The fourth-order valence-electron chi connectivity index (χ4n) is 3.08. The monoisotopic (exact) mass is 320 g/mol. The van der Waals surface area contributed by atoms with Crippen LogP contribution in [0.1, 0.15) is 17.4 Å². The minimum atomic E-state index is 0.488. The van der Waals surface area contributed by atoms with E-state index in [9.17, 15) is 0 Å². The second-order valence-electron chi connectivity index (χ2n) is 5.98. The van der Waals surface area contributed by atoms with Crippen molar-refractivity contribution in [3.05, 3.63) is 16.8 Å². The molecule has 3 rings (SSSR count). The molecule has 1 aliphatic heterocycles. The molecule has 1 N–H and O–H groups in total. The van der Waals surface area contributed by atoms with E-state index in [0.717, 1.165) is 49.9 Å². The normalized spacial score (nSPS) is 20.2. The van der Waals surface area contributed by atoms with Gasteiger partial charge < -0.3 is 15.0 Å². The van der Waals surface area contributed by atoms with Crippen molar-refractivity contribution in [1.82, 2.24) is 14.9 Å². The molecule has 120 valence electrons. The lowest BCUT2D eigenvalue weighted by Gasteiger charge is -2.19. The van der Waals surface area contributed by atoms with Gasteiger partial charge in [0.2, 0.25) is 0 Å². The number of hydrogen-bond acceptors (Lipinski definition) is 6. The zero-order valence-electron chi connectivity index (χ0n) is 13.6. The molecule has 22 heavy (non-hydrogen) atoms.